The predicted molar refractivity (Wildman–Crippen MR) is 72.5 cm³/mol. The molecule has 1 aromatic carbocycles. The Morgan fingerprint density at radius 1 is 1.06 bits per heavy atom. The minimum atomic E-state index is 0.418. The van der Waals surface area contributed by atoms with E-state index in [1.165, 1.54) is 30.4 Å². The summed E-state index contributed by atoms with van der Waals surface area (Å²) in [4.78, 5) is 0. The van der Waals surface area contributed by atoms with Crippen molar-refractivity contribution in [3.05, 3.63) is 29.3 Å². The molecule has 94 valence electrons. The zero-order chi connectivity index (χ0) is 12.4. The molecule has 0 aliphatic heterocycles. The maximum absolute atomic E-state index is 6.19. The molecule has 0 bridgehead atoms. The molecule has 17 heavy (non-hydrogen) atoms. The summed E-state index contributed by atoms with van der Waals surface area (Å²) in [6, 6.07) is 6.34. The second-order valence-electron chi connectivity index (χ2n) is 5.71. The third-order valence-electron chi connectivity index (χ3n) is 4.40. The van der Waals surface area contributed by atoms with Crippen LogP contribution in [0.3, 0.4) is 0 Å². The summed E-state index contributed by atoms with van der Waals surface area (Å²) in [7, 11) is 0. The molecule has 3 unspecified atom stereocenters. The van der Waals surface area contributed by atoms with Crippen LogP contribution in [0, 0.1) is 25.7 Å². The smallest absolute Gasteiger partial charge is 0.122 e. The van der Waals surface area contributed by atoms with E-state index in [1.54, 1.807) is 0 Å². The minimum Gasteiger partial charge on any atom is -0.490 e. The van der Waals surface area contributed by atoms with Crippen molar-refractivity contribution in [1.82, 2.24) is 0 Å². The number of ether oxygens (including phenoxy) is 1. The Bertz CT molecular complexity index is 383. The van der Waals surface area contributed by atoms with Gasteiger partial charge in [-0.25, -0.2) is 0 Å². The molecule has 1 heteroatoms. The number of hydrogen-bond donors (Lipinski definition) is 0. The van der Waals surface area contributed by atoms with Crippen molar-refractivity contribution in [1.29, 1.82) is 0 Å². The fraction of sp³-hybridized carbons (Fsp3) is 0.625. The van der Waals surface area contributed by atoms with Crippen LogP contribution >= 0.6 is 0 Å². The first-order valence-corrected chi connectivity index (χ1v) is 6.80. The Morgan fingerprint density at radius 3 is 2.53 bits per heavy atom. The molecule has 1 fully saturated rings. The van der Waals surface area contributed by atoms with Gasteiger partial charge in [-0.2, -0.15) is 0 Å². The lowest BCUT2D eigenvalue weighted by Crippen LogP contribution is -2.29. The third kappa shape index (κ3) is 2.83. The van der Waals surface area contributed by atoms with Crippen LogP contribution in [-0.4, -0.2) is 6.10 Å². The molecule has 0 aromatic heterocycles. The lowest BCUT2D eigenvalue weighted by molar-refractivity contribution is 0.0999. The Hall–Kier alpha value is -0.980. The van der Waals surface area contributed by atoms with Gasteiger partial charge < -0.3 is 4.74 Å². The van der Waals surface area contributed by atoms with Gasteiger partial charge in [0.1, 0.15) is 5.75 Å². The van der Waals surface area contributed by atoms with Crippen molar-refractivity contribution >= 4 is 0 Å². The molecule has 1 aliphatic carbocycles. The van der Waals surface area contributed by atoms with Gasteiger partial charge in [-0.1, -0.05) is 26.0 Å². The summed E-state index contributed by atoms with van der Waals surface area (Å²) in [6.45, 7) is 9.01. The minimum absolute atomic E-state index is 0.418. The van der Waals surface area contributed by atoms with Crippen molar-refractivity contribution in [2.75, 3.05) is 0 Å². The monoisotopic (exact) mass is 232 g/mol. The van der Waals surface area contributed by atoms with E-state index in [1.807, 2.05) is 0 Å². The van der Waals surface area contributed by atoms with Crippen LogP contribution in [-0.2, 0) is 0 Å². The molecular weight excluding hydrogens is 208 g/mol. The van der Waals surface area contributed by atoms with Crippen LogP contribution in [0.15, 0.2) is 18.2 Å². The first-order valence-electron chi connectivity index (χ1n) is 6.80. The predicted octanol–water partition coefficient (Wildman–Crippen LogP) is 4.51. The molecule has 0 spiro atoms. The molecule has 2 rings (SSSR count). The lowest BCUT2D eigenvalue weighted by atomic mass is 9.80. The van der Waals surface area contributed by atoms with Crippen molar-refractivity contribution in [3.63, 3.8) is 0 Å². The second kappa shape index (κ2) is 5.12. The maximum atomic E-state index is 6.19. The number of rotatable bonds is 2. The van der Waals surface area contributed by atoms with Crippen LogP contribution in [0.25, 0.3) is 0 Å². The van der Waals surface area contributed by atoms with E-state index in [-0.39, 0.29) is 0 Å². The molecule has 1 aromatic rings. The molecular formula is C16H24O. The molecule has 0 heterocycles. The van der Waals surface area contributed by atoms with Gasteiger partial charge in [0.15, 0.2) is 0 Å². The molecule has 1 nitrogen and oxygen atoms in total. The van der Waals surface area contributed by atoms with E-state index >= 15 is 0 Å². The fourth-order valence-electron chi connectivity index (χ4n) is 2.64. The van der Waals surface area contributed by atoms with Gasteiger partial charge in [0.05, 0.1) is 6.10 Å². The molecule has 0 saturated heterocycles. The standard InChI is InChI=1S/C16H24O/c1-11-8-9-15(10-13(11)3)17-16-7-5-6-12(2)14(16)4/h5-7,11,13,15H,8-10H2,1-4H3. The molecule has 1 aliphatic rings. The van der Waals surface area contributed by atoms with E-state index in [2.05, 4.69) is 45.9 Å². The molecule has 0 N–H and O–H groups in total. The van der Waals surface area contributed by atoms with Gasteiger partial charge in [-0.3, -0.25) is 0 Å². The average molecular weight is 232 g/mol. The SMILES string of the molecule is Cc1cccc(OC2CCC(C)C(C)C2)c1C. The average Bonchev–Trinajstić information content (AvgIpc) is 2.30. The van der Waals surface area contributed by atoms with Crippen LogP contribution in [0.1, 0.15) is 44.2 Å². The lowest BCUT2D eigenvalue weighted by Gasteiger charge is -2.32. The number of benzene rings is 1. The van der Waals surface area contributed by atoms with Crippen LogP contribution in [0.5, 0.6) is 5.75 Å². The first-order chi connectivity index (χ1) is 8.08. The quantitative estimate of drug-likeness (QED) is 0.729. The molecule has 0 radical (unpaired) electrons. The highest BCUT2D eigenvalue weighted by molar-refractivity contribution is 5.38. The Balaban J connectivity index is 2.04. The van der Waals surface area contributed by atoms with Crippen molar-refractivity contribution in [2.45, 2.75) is 53.1 Å². The fourth-order valence-corrected chi connectivity index (χ4v) is 2.64. The Morgan fingerprint density at radius 2 is 1.82 bits per heavy atom. The topological polar surface area (TPSA) is 9.23 Å². The zero-order valence-corrected chi connectivity index (χ0v) is 11.5. The normalized spacial score (nSPS) is 29.1. The van der Waals surface area contributed by atoms with Gasteiger partial charge in [0.2, 0.25) is 0 Å². The second-order valence-corrected chi connectivity index (χ2v) is 5.71. The summed E-state index contributed by atoms with van der Waals surface area (Å²) >= 11 is 0. The van der Waals surface area contributed by atoms with Crippen LogP contribution < -0.4 is 4.74 Å². The summed E-state index contributed by atoms with van der Waals surface area (Å²) in [5.41, 5.74) is 2.61. The van der Waals surface area contributed by atoms with E-state index in [0.29, 0.717) is 6.10 Å². The highest BCUT2D eigenvalue weighted by Crippen LogP contribution is 2.32. The van der Waals surface area contributed by atoms with Crippen molar-refractivity contribution < 1.29 is 4.74 Å². The summed E-state index contributed by atoms with van der Waals surface area (Å²) < 4.78 is 6.19. The van der Waals surface area contributed by atoms with Gasteiger partial charge in [-0.15, -0.1) is 0 Å². The maximum Gasteiger partial charge on any atom is 0.122 e. The molecule has 3 atom stereocenters. The van der Waals surface area contributed by atoms with Crippen LogP contribution in [0.2, 0.25) is 0 Å². The van der Waals surface area contributed by atoms with Crippen LogP contribution in [0.4, 0.5) is 0 Å². The number of aryl methyl sites for hydroxylation is 1. The van der Waals surface area contributed by atoms with Gasteiger partial charge >= 0.3 is 0 Å². The van der Waals surface area contributed by atoms with Gasteiger partial charge in [0, 0.05) is 0 Å². The van der Waals surface area contributed by atoms with E-state index in [0.717, 1.165) is 17.6 Å². The highest BCUT2D eigenvalue weighted by atomic mass is 16.5. The van der Waals surface area contributed by atoms with Gasteiger partial charge in [0.25, 0.3) is 0 Å². The van der Waals surface area contributed by atoms with E-state index < -0.39 is 0 Å². The molecule has 1 saturated carbocycles. The largest absolute Gasteiger partial charge is 0.490 e. The highest BCUT2D eigenvalue weighted by Gasteiger charge is 2.25. The van der Waals surface area contributed by atoms with E-state index in [4.69, 9.17) is 4.74 Å². The molecule has 0 amide bonds. The van der Waals surface area contributed by atoms with Crippen molar-refractivity contribution in [3.8, 4) is 5.75 Å². The Kier molecular flexibility index (Phi) is 3.76. The van der Waals surface area contributed by atoms with Gasteiger partial charge in [-0.05, 0) is 62.1 Å². The number of hydrogen-bond acceptors (Lipinski definition) is 1. The van der Waals surface area contributed by atoms with Crippen molar-refractivity contribution in [2.24, 2.45) is 11.8 Å². The summed E-state index contributed by atoms with van der Waals surface area (Å²) in [5.74, 6) is 2.73. The summed E-state index contributed by atoms with van der Waals surface area (Å²) in [5, 5.41) is 0. The van der Waals surface area contributed by atoms with E-state index in [9.17, 15) is 0 Å². The first kappa shape index (κ1) is 12.5. The Labute approximate surface area is 105 Å². The third-order valence-corrected chi connectivity index (χ3v) is 4.40. The summed E-state index contributed by atoms with van der Waals surface area (Å²) in [6.07, 6.45) is 4.13. The zero-order valence-electron chi connectivity index (χ0n) is 11.5.